The number of aryl methyl sites for hydroxylation is 1. The van der Waals surface area contributed by atoms with Crippen molar-refractivity contribution in [2.45, 2.75) is 32.4 Å². The number of rotatable bonds is 7. The highest BCUT2D eigenvalue weighted by Crippen LogP contribution is 2.36. The van der Waals surface area contributed by atoms with Crippen molar-refractivity contribution in [3.8, 4) is 34.7 Å². The molecule has 4 heterocycles. The lowest BCUT2D eigenvalue weighted by Gasteiger charge is -2.17. The van der Waals surface area contributed by atoms with Crippen LogP contribution in [0.1, 0.15) is 46.4 Å². The molecule has 226 valence electrons. The Balaban J connectivity index is 1.22. The fraction of sp³-hybridized carbons (Fsp3) is 0.143. The lowest BCUT2D eigenvalue weighted by Crippen LogP contribution is -2.29. The van der Waals surface area contributed by atoms with Crippen molar-refractivity contribution < 1.29 is 9.59 Å². The average molecular weight is 608 g/mol. The minimum atomic E-state index is -0.383. The molecule has 4 aromatic heterocycles. The minimum Gasteiger partial charge on any atom is -0.383 e. The van der Waals surface area contributed by atoms with Gasteiger partial charge in [-0.15, -0.1) is 0 Å². The SMILES string of the molecule is CC#CC(=O)NCc1ccccc1C(=O)N[C@H]1CCc2cc(-n3c(-c4cccnc4N)nc4ccc(-n5cccn5)nc43)ccc21. The van der Waals surface area contributed by atoms with Crippen LogP contribution in [0.25, 0.3) is 34.1 Å². The molecule has 0 aliphatic heterocycles. The molecule has 0 saturated heterocycles. The fourth-order valence-electron chi connectivity index (χ4n) is 5.87. The number of nitrogens with one attached hydrogen (secondary N) is 2. The number of anilines is 1. The van der Waals surface area contributed by atoms with Gasteiger partial charge in [-0.1, -0.05) is 30.2 Å². The third-order valence-electron chi connectivity index (χ3n) is 8.02. The van der Waals surface area contributed by atoms with Gasteiger partial charge in [-0.25, -0.2) is 19.6 Å². The predicted octanol–water partition coefficient (Wildman–Crippen LogP) is 4.31. The molecule has 0 saturated carbocycles. The highest BCUT2D eigenvalue weighted by molar-refractivity contribution is 5.97. The van der Waals surface area contributed by atoms with Crippen molar-refractivity contribution in [1.29, 1.82) is 0 Å². The number of hydrogen-bond acceptors (Lipinski definition) is 7. The van der Waals surface area contributed by atoms with Gasteiger partial charge < -0.3 is 16.4 Å². The van der Waals surface area contributed by atoms with E-state index in [1.165, 1.54) is 0 Å². The Morgan fingerprint density at radius 3 is 2.74 bits per heavy atom. The number of fused-ring (bicyclic) bond motifs is 2. The van der Waals surface area contributed by atoms with Crippen LogP contribution in [0.2, 0.25) is 0 Å². The van der Waals surface area contributed by atoms with Crippen LogP contribution in [0.3, 0.4) is 0 Å². The molecule has 0 unspecified atom stereocenters. The van der Waals surface area contributed by atoms with Crippen LogP contribution in [0.5, 0.6) is 0 Å². The highest BCUT2D eigenvalue weighted by atomic mass is 16.2. The molecule has 46 heavy (non-hydrogen) atoms. The van der Waals surface area contributed by atoms with E-state index in [2.05, 4.69) is 44.7 Å². The number of benzene rings is 2. The molecule has 2 aromatic carbocycles. The van der Waals surface area contributed by atoms with Crippen molar-refractivity contribution in [2.24, 2.45) is 0 Å². The summed E-state index contributed by atoms with van der Waals surface area (Å²) < 4.78 is 3.70. The van der Waals surface area contributed by atoms with Crippen LogP contribution >= 0.6 is 0 Å². The number of carbonyl (C=O) groups is 2. The summed E-state index contributed by atoms with van der Waals surface area (Å²) in [4.78, 5) is 39.5. The summed E-state index contributed by atoms with van der Waals surface area (Å²) in [5, 5.41) is 10.3. The third-order valence-corrected chi connectivity index (χ3v) is 8.02. The maximum absolute atomic E-state index is 13.5. The zero-order valence-corrected chi connectivity index (χ0v) is 24.9. The lowest BCUT2D eigenvalue weighted by atomic mass is 10.0. The second-order valence-corrected chi connectivity index (χ2v) is 10.8. The summed E-state index contributed by atoms with van der Waals surface area (Å²) >= 11 is 0. The summed E-state index contributed by atoms with van der Waals surface area (Å²) in [6.45, 7) is 1.81. The highest BCUT2D eigenvalue weighted by Gasteiger charge is 2.27. The topological polar surface area (TPSA) is 146 Å². The Kier molecular flexibility index (Phi) is 7.44. The molecule has 1 aliphatic rings. The monoisotopic (exact) mass is 607 g/mol. The molecule has 0 spiro atoms. The van der Waals surface area contributed by atoms with E-state index in [9.17, 15) is 9.59 Å². The minimum absolute atomic E-state index is 0.164. The van der Waals surface area contributed by atoms with Gasteiger partial charge >= 0.3 is 0 Å². The molecule has 11 heteroatoms. The first-order valence-corrected chi connectivity index (χ1v) is 14.8. The molecule has 11 nitrogen and oxygen atoms in total. The first kappa shape index (κ1) is 28.5. The number of pyridine rings is 2. The molecule has 1 aliphatic carbocycles. The summed E-state index contributed by atoms with van der Waals surface area (Å²) in [6, 6.07) is 22.7. The van der Waals surface area contributed by atoms with Gasteiger partial charge in [0.15, 0.2) is 17.3 Å². The van der Waals surface area contributed by atoms with Crippen LogP contribution in [0.4, 0.5) is 5.82 Å². The summed E-state index contributed by atoms with van der Waals surface area (Å²) in [7, 11) is 0. The number of nitrogens with two attached hydrogens (primary N) is 1. The zero-order valence-electron chi connectivity index (χ0n) is 24.9. The smallest absolute Gasteiger partial charge is 0.296 e. The van der Waals surface area contributed by atoms with Crippen molar-refractivity contribution in [2.75, 3.05) is 5.73 Å². The summed E-state index contributed by atoms with van der Waals surface area (Å²) in [6.07, 6.45) is 6.74. The average Bonchev–Trinajstić information content (AvgIpc) is 3.83. The van der Waals surface area contributed by atoms with Gasteiger partial charge in [-0.2, -0.15) is 5.10 Å². The Morgan fingerprint density at radius 1 is 1.02 bits per heavy atom. The Bertz CT molecular complexity index is 2170. The van der Waals surface area contributed by atoms with Crippen LogP contribution in [-0.2, 0) is 17.8 Å². The third kappa shape index (κ3) is 5.33. The maximum Gasteiger partial charge on any atom is 0.296 e. The normalized spacial score (nSPS) is 13.5. The number of hydrogen-bond donors (Lipinski definition) is 3. The van der Waals surface area contributed by atoms with Crippen molar-refractivity contribution >= 4 is 28.8 Å². The van der Waals surface area contributed by atoms with Crippen LogP contribution in [-0.4, -0.2) is 41.1 Å². The van der Waals surface area contributed by atoms with Crippen LogP contribution in [0.15, 0.2) is 91.4 Å². The molecule has 1 atom stereocenters. The van der Waals surface area contributed by atoms with Gasteiger partial charge in [0.1, 0.15) is 11.3 Å². The molecule has 2 amide bonds. The van der Waals surface area contributed by atoms with E-state index < -0.39 is 0 Å². The van der Waals surface area contributed by atoms with Gasteiger partial charge in [0.05, 0.1) is 11.6 Å². The Hall–Kier alpha value is -6.28. The van der Waals surface area contributed by atoms with Gasteiger partial charge in [-0.3, -0.25) is 14.2 Å². The second-order valence-electron chi connectivity index (χ2n) is 10.8. The van der Waals surface area contributed by atoms with Gasteiger partial charge in [0.2, 0.25) is 0 Å². The molecule has 0 radical (unpaired) electrons. The molecular formula is C35H29N9O2. The lowest BCUT2D eigenvalue weighted by molar-refractivity contribution is -0.115. The first-order valence-electron chi connectivity index (χ1n) is 14.8. The number of nitrogens with zero attached hydrogens (tertiary/aromatic N) is 6. The quantitative estimate of drug-likeness (QED) is 0.229. The number of aromatic nitrogens is 6. The predicted molar refractivity (Wildman–Crippen MR) is 174 cm³/mol. The number of imidazole rings is 1. The van der Waals surface area contributed by atoms with Gasteiger partial charge in [0, 0.05) is 36.4 Å². The van der Waals surface area contributed by atoms with Crippen molar-refractivity contribution in [3.63, 3.8) is 0 Å². The molecular weight excluding hydrogens is 578 g/mol. The standard InChI is InChI=1S/C35H29N9O2/c1-2-7-31(45)38-21-23-8-3-4-9-26(23)35(46)41-28-14-11-22-20-24(12-13-25(22)28)44-33(27-10-5-17-37-32(27)36)40-29-15-16-30(42-34(29)44)43-19-6-18-39-43/h3-6,8-10,12-13,15-20,28H,11,14,21H2,1H3,(H2,36,37)(H,38,45)(H,41,46)/t28-/m0/s1. The van der Waals surface area contributed by atoms with E-state index in [0.717, 1.165) is 35.2 Å². The molecule has 6 aromatic rings. The molecule has 0 fully saturated rings. The van der Waals surface area contributed by atoms with E-state index in [-0.39, 0.29) is 24.4 Å². The van der Waals surface area contributed by atoms with E-state index in [1.807, 2.05) is 65.4 Å². The summed E-state index contributed by atoms with van der Waals surface area (Å²) in [5.74, 6) is 6.12. The van der Waals surface area contributed by atoms with E-state index >= 15 is 0 Å². The largest absolute Gasteiger partial charge is 0.383 e. The maximum atomic E-state index is 13.5. The Morgan fingerprint density at radius 2 is 1.91 bits per heavy atom. The van der Waals surface area contributed by atoms with Gasteiger partial charge in [0.25, 0.3) is 11.8 Å². The van der Waals surface area contributed by atoms with E-state index in [1.54, 1.807) is 30.1 Å². The van der Waals surface area contributed by atoms with Crippen molar-refractivity contribution in [3.05, 3.63) is 114 Å². The van der Waals surface area contributed by atoms with Crippen molar-refractivity contribution in [1.82, 2.24) is 39.9 Å². The Labute approximate surface area is 264 Å². The molecule has 7 rings (SSSR count). The number of carbonyl (C=O) groups excluding carboxylic acids is 2. The first-order chi connectivity index (χ1) is 22.5. The van der Waals surface area contributed by atoms with Crippen LogP contribution < -0.4 is 16.4 Å². The van der Waals surface area contributed by atoms with E-state index in [4.69, 9.17) is 15.7 Å². The number of nitrogen functional groups attached to an aromatic ring is 1. The molecule has 4 N–H and O–H groups in total. The van der Waals surface area contributed by atoms with E-state index in [0.29, 0.717) is 39.8 Å². The zero-order chi connectivity index (χ0) is 31.6. The van der Waals surface area contributed by atoms with Gasteiger partial charge in [-0.05, 0) is 90.9 Å². The molecule has 0 bridgehead atoms. The second kappa shape index (κ2) is 12.0. The van der Waals surface area contributed by atoms with Crippen LogP contribution in [0, 0.1) is 11.8 Å². The fourth-order valence-corrected chi connectivity index (χ4v) is 5.87. The summed E-state index contributed by atoms with van der Waals surface area (Å²) in [5.41, 5.74) is 12.7. The number of amides is 2.